The van der Waals surface area contributed by atoms with Gasteiger partial charge in [0.2, 0.25) is 0 Å². The van der Waals surface area contributed by atoms with Crippen molar-refractivity contribution in [3.63, 3.8) is 0 Å². The molecule has 0 aliphatic carbocycles. The van der Waals surface area contributed by atoms with Crippen molar-refractivity contribution in [1.29, 1.82) is 5.26 Å². The summed E-state index contributed by atoms with van der Waals surface area (Å²) in [7, 11) is 0. The molecule has 0 saturated carbocycles. The van der Waals surface area contributed by atoms with Crippen molar-refractivity contribution >= 4 is 22.6 Å². The third-order valence-corrected chi connectivity index (χ3v) is 2.76. The van der Waals surface area contributed by atoms with E-state index in [9.17, 15) is 13.2 Å². The van der Waals surface area contributed by atoms with Crippen molar-refractivity contribution in [2.24, 2.45) is 0 Å². The predicted octanol–water partition coefficient (Wildman–Crippen LogP) is 2.67. The fourth-order valence-corrected chi connectivity index (χ4v) is 1.86. The van der Waals surface area contributed by atoms with Crippen LogP contribution in [0.2, 0.25) is 0 Å². The highest BCUT2D eigenvalue weighted by molar-refractivity contribution is 14.1. The summed E-state index contributed by atoms with van der Waals surface area (Å²) in [5, 5.41) is 17.5. The van der Waals surface area contributed by atoms with Gasteiger partial charge in [-0.1, -0.05) is 0 Å². The zero-order valence-corrected chi connectivity index (χ0v) is 9.43. The van der Waals surface area contributed by atoms with E-state index in [4.69, 9.17) is 10.4 Å². The van der Waals surface area contributed by atoms with Gasteiger partial charge in [-0.15, -0.1) is 0 Å². The maximum absolute atomic E-state index is 12.3. The Morgan fingerprint density at radius 3 is 2.40 bits per heavy atom. The van der Waals surface area contributed by atoms with E-state index in [-0.39, 0.29) is 14.7 Å². The lowest BCUT2D eigenvalue weighted by atomic mass is 10.1. The fourth-order valence-electron chi connectivity index (χ4n) is 1.06. The van der Waals surface area contributed by atoms with E-state index < -0.39 is 18.3 Å². The van der Waals surface area contributed by atoms with E-state index in [2.05, 4.69) is 0 Å². The maximum atomic E-state index is 12.3. The molecule has 0 saturated heterocycles. The van der Waals surface area contributed by atoms with Crippen LogP contribution in [0.1, 0.15) is 16.7 Å². The number of rotatable bonds is 1. The number of halogens is 4. The first-order chi connectivity index (χ1) is 6.90. The minimum absolute atomic E-state index is 0.142. The Labute approximate surface area is 97.5 Å². The van der Waals surface area contributed by atoms with Crippen molar-refractivity contribution in [3.05, 3.63) is 32.4 Å². The second kappa shape index (κ2) is 4.37. The van der Waals surface area contributed by atoms with Crippen LogP contribution in [0.5, 0.6) is 0 Å². The van der Waals surface area contributed by atoms with Crippen molar-refractivity contribution in [2.75, 3.05) is 0 Å². The zero-order valence-electron chi connectivity index (χ0n) is 7.27. The molecule has 15 heavy (non-hydrogen) atoms. The lowest BCUT2D eigenvalue weighted by Gasteiger charge is -2.10. The molecule has 0 atom stereocenters. The van der Waals surface area contributed by atoms with Gasteiger partial charge in [0.15, 0.2) is 0 Å². The maximum Gasteiger partial charge on any atom is 0.416 e. The molecule has 6 heteroatoms. The van der Waals surface area contributed by atoms with E-state index in [1.54, 1.807) is 28.7 Å². The van der Waals surface area contributed by atoms with Crippen molar-refractivity contribution in [2.45, 2.75) is 12.8 Å². The Morgan fingerprint density at radius 2 is 2.00 bits per heavy atom. The number of aliphatic hydroxyl groups excluding tert-OH is 1. The quantitative estimate of drug-likeness (QED) is 0.806. The van der Waals surface area contributed by atoms with Gasteiger partial charge in [0.25, 0.3) is 0 Å². The number of nitrogens with zero attached hydrogens (tertiary/aromatic N) is 1. The molecule has 0 fully saturated rings. The van der Waals surface area contributed by atoms with Crippen LogP contribution in [0.4, 0.5) is 13.2 Å². The smallest absolute Gasteiger partial charge is 0.392 e. The lowest BCUT2D eigenvalue weighted by molar-refractivity contribution is -0.137. The molecule has 1 aromatic carbocycles. The van der Waals surface area contributed by atoms with Crippen LogP contribution in [0.15, 0.2) is 12.1 Å². The highest BCUT2D eigenvalue weighted by Gasteiger charge is 2.31. The Bertz CT molecular complexity index is 423. The van der Waals surface area contributed by atoms with Gasteiger partial charge in [0.1, 0.15) is 0 Å². The summed E-state index contributed by atoms with van der Waals surface area (Å²) in [6, 6.07) is 3.29. The van der Waals surface area contributed by atoms with Gasteiger partial charge in [-0.3, -0.25) is 0 Å². The van der Waals surface area contributed by atoms with Crippen LogP contribution >= 0.6 is 22.6 Å². The average molecular weight is 327 g/mol. The summed E-state index contributed by atoms with van der Waals surface area (Å²) < 4.78 is 37.3. The summed E-state index contributed by atoms with van der Waals surface area (Å²) in [4.78, 5) is 0. The van der Waals surface area contributed by atoms with E-state index >= 15 is 0 Å². The van der Waals surface area contributed by atoms with Crippen LogP contribution in [0.3, 0.4) is 0 Å². The summed E-state index contributed by atoms with van der Waals surface area (Å²) >= 11 is 1.66. The summed E-state index contributed by atoms with van der Waals surface area (Å²) in [6.45, 7) is -0.445. The fraction of sp³-hybridized carbons (Fsp3) is 0.222. The third-order valence-electron chi connectivity index (χ3n) is 1.80. The van der Waals surface area contributed by atoms with Gasteiger partial charge in [-0.2, -0.15) is 18.4 Å². The Morgan fingerprint density at radius 1 is 1.40 bits per heavy atom. The van der Waals surface area contributed by atoms with E-state index in [1.807, 2.05) is 0 Å². The van der Waals surface area contributed by atoms with Crippen molar-refractivity contribution in [3.8, 4) is 6.07 Å². The third kappa shape index (κ3) is 2.60. The van der Waals surface area contributed by atoms with E-state index in [0.29, 0.717) is 0 Å². The Kier molecular flexibility index (Phi) is 3.57. The van der Waals surface area contributed by atoms with Crippen LogP contribution < -0.4 is 0 Å². The number of hydrogen-bond donors (Lipinski definition) is 1. The minimum Gasteiger partial charge on any atom is -0.392 e. The standard InChI is InChI=1S/C9H5F3INO/c10-9(11,12)6-1-5(3-14)7(4-15)8(13)2-6/h1-2,15H,4H2. The molecule has 80 valence electrons. The van der Waals surface area contributed by atoms with E-state index in [1.165, 1.54) is 0 Å². The SMILES string of the molecule is N#Cc1cc(C(F)(F)F)cc(I)c1CO. The Hall–Kier alpha value is -0.810. The van der Waals surface area contributed by atoms with Crippen LogP contribution in [-0.4, -0.2) is 5.11 Å². The molecule has 0 heterocycles. The number of aliphatic hydroxyl groups is 1. The number of benzene rings is 1. The molecule has 0 amide bonds. The summed E-state index contributed by atoms with van der Waals surface area (Å²) in [5.74, 6) is 0. The molecule has 0 bridgehead atoms. The van der Waals surface area contributed by atoms with Gasteiger partial charge in [0, 0.05) is 9.13 Å². The molecule has 0 spiro atoms. The lowest BCUT2D eigenvalue weighted by Crippen LogP contribution is -2.07. The van der Waals surface area contributed by atoms with Crippen molar-refractivity contribution < 1.29 is 18.3 Å². The summed E-state index contributed by atoms with van der Waals surface area (Å²) in [5.41, 5.74) is -0.788. The Balaban J connectivity index is 3.41. The number of hydrogen-bond acceptors (Lipinski definition) is 2. The minimum atomic E-state index is -4.47. The molecule has 0 aliphatic heterocycles. The van der Waals surface area contributed by atoms with Gasteiger partial charge in [0.05, 0.1) is 23.8 Å². The second-order valence-corrected chi connectivity index (χ2v) is 3.91. The molecule has 0 unspecified atom stereocenters. The molecular weight excluding hydrogens is 322 g/mol. The number of alkyl halides is 3. The molecule has 1 N–H and O–H groups in total. The second-order valence-electron chi connectivity index (χ2n) is 2.75. The average Bonchev–Trinajstić information content (AvgIpc) is 2.15. The molecule has 0 aromatic heterocycles. The highest BCUT2D eigenvalue weighted by atomic mass is 127. The molecule has 1 aromatic rings. The molecule has 2 nitrogen and oxygen atoms in total. The zero-order chi connectivity index (χ0) is 11.6. The first-order valence-corrected chi connectivity index (χ1v) is 4.88. The number of nitriles is 1. The predicted molar refractivity (Wildman–Crippen MR) is 54.8 cm³/mol. The molecule has 1 rings (SSSR count). The largest absolute Gasteiger partial charge is 0.416 e. The van der Waals surface area contributed by atoms with Gasteiger partial charge in [-0.05, 0) is 34.7 Å². The topological polar surface area (TPSA) is 44.0 Å². The van der Waals surface area contributed by atoms with Gasteiger partial charge in [-0.25, -0.2) is 0 Å². The normalized spacial score (nSPS) is 11.2. The molecular formula is C9H5F3INO. The van der Waals surface area contributed by atoms with Crippen LogP contribution in [0, 0.1) is 14.9 Å². The first kappa shape index (κ1) is 12.3. The van der Waals surface area contributed by atoms with Crippen LogP contribution in [0.25, 0.3) is 0 Å². The summed E-state index contributed by atoms with van der Waals surface area (Å²) in [6.07, 6.45) is -4.47. The monoisotopic (exact) mass is 327 g/mol. The van der Waals surface area contributed by atoms with Crippen LogP contribution in [-0.2, 0) is 12.8 Å². The first-order valence-electron chi connectivity index (χ1n) is 3.80. The highest BCUT2D eigenvalue weighted by Crippen LogP contribution is 2.32. The molecule has 0 radical (unpaired) electrons. The van der Waals surface area contributed by atoms with E-state index in [0.717, 1.165) is 12.1 Å². The van der Waals surface area contributed by atoms with Crippen molar-refractivity contribution in [1.82, 2.24) is 0 Å². The van der Waals surface area contributed by atoms with Gasteiger partial charge < -0.3 is 5.11 Å². The molecule has 0 aliphatic rings. The van der Waals surface area contributed by atoms with Gasteiger partial charge >= 0.3 is 6.18 Å².